The lowest BCUT2D eigenvalue weighted by Gasteiger charge is -2.12. The van der Waals surface area contributed by atoms with Crippen molar-refractivity contribution >= 4 is 17.5 Å². The molecule has 150 valence electrons. The van der Waals surface area contributed by atoms with Crippen LogP contribution in [0.15, 0.2) is 33.9 Å². The number of fused-ring (bicyclic) bond motifs is 1. The van der Waals surface area contributed by atoms with Gasteiger partial charge in [0.25, 0.3) is 5.56 Å². The van der Waals surface area contributed by atoms with Gasteiger partial charge in [-0.15, -0.1) is 0 Å². The molecule has 0 atom stereocenters. The minimum absolute atomic E-state index is 0.108. The Morgan fingerprint density at radius 3 is 2.69 bits per heavy atom. The predicted octanol–water partition coefficient (Wildman–Crippen LogP) is 0.145. The fourth-order valence-electron chi connectivity index (χ4n) is 3.41. The molecule has 1 aromatic carbocycles. The van der Waals surface area contributed by atoms with Crippen LogP contribution in [-0.2, 0) is 35.5 Å². The Morgan fingerprint density at radius 2 is 1.97 bits per heavy atom. The maximum atomic E-state index is 12.5. The van der Waals surface area contributed by atoms with Crippen molar-refractivity contribution in [2.75, 3.05) is 11.9 Å². The Bertz CT molecular complexity index is 1120. The van der Waals surface area contributed by atoms with Crippen LogP contribution in [0.25, 0.3) is 0 Å². The molecule has 0 saturated heterocycles. The van der Waals surface area contributed by atoms with Gasteiger partial charge in [0.2, 0.25) is 11.8 Å². The van der Waals surface area contributed by atoms with Crippen LogP contribution >= 0.6 is 0 Å². The van der Waals surface area contributed by atoms with Crippen LogP contribution in [0, 0.1) is 11.3 Å². The average Bonchev–Trinajstić information content (AvgIpc) is 3.20. The summed E-state index contributed by atoms with van der Waals surface area (Å²) in [6.07, 6.45) is 1.90. The third-order valence-corrected chi connectivity index (χ3v) is 4.86. The van der Waals surface area contributed by atoms with Crippen molar-refractivity contribution in [1.82, 2.24) is 14.5 Å². The molecule has 9 nitrogen and oxygen atoms in total. The summed E-state index contributed by atoms with van der Waals surface area (Å²) < 4.78 is 2.11. The van der Waals surface area contributed by atoms with E-state index in [-0.39, 0.29) is 12.1 Å². The van der Waals surface area contributed by atoms with Gasteiger partial charge < -0.3 is 10.6 Å². The van der Waals surface area contributed by atoms with Crippen molar-refractivity contribution < 1.29 is 9.59 Å². The number of amides is 2. The summed E-state index contributed by atoms with van der Waals surface area (Å²) in [6, 6.07) is 9.18. The van der Waals surface area contributed by atoms with E-state index in [1.807, 2.05) is 25.1 Å². The minimum Gasteiger partial charge on any atom is -0.345 e. The molecule has 0 aliphatic carbocycles. The van der Waals surface area contributed by atoms with E-state index in [2.05, 4.69) is 10.6 Å². The average molecular weight is 395 g/mol. The van der Waals surface area contributed by atoms with Gasteiger partial charge in [0.1, 0.15) is 18.2 Å². The third-order valence-electron chi connectivity index (χ3n) is 4.86. The second-order valence-corrected chi connectivity index (χ2v) is 6.70. The zero-order valence-corrected chi connectivity index (χ0v) is 16.0. The summed E-state index contributed by atoms with van der Waals surface area (Å²) in [6.45, 7) is 1.52. The van der Waals surface area contributed by atoms with Gasteiger partial charge in [0, 0.05) is 17.9 Å². The van der Waals surface area contributed by atoms with Crippen molar-refractivity contribution in [1.29, 1.82) is 5.26 Å². The molecular weight excluding hydrogens is 374 g/mol. The molecule has 0 fully saturated rings. The molecule has 2 heterocycles. The van der Waals surface area contributed by atoms with E-state index in [1.54, 1.807) is 12.1 Å². The quantitative estimate of drug-likeness (QED) is 0.720. The normalized spacial score (nSPS) is 12.1. The smallest absolute Gasteiger partial charge is 0.331 e. The number of aromatic nitrogens is 2. The van der Waals surface area contributed by atoms with Gasteiger partial charge >= 0.3 is 5.69 Å². The molecule has 0 radical (unpaired) electrons. The zero-order valence-electron chi connectivity index (χ0n) is 16.0. The summed E-state index contributed by atoms with van der Waals surface area (Å²) in [5.41, 5.74) is 0.562. The van der Waals surface area contributed by atoms with Gasteiger partial charge in [0.05, 0.1) is 6.54 Å². The maximum absolute atomic E-state index is 12.5. The number of hydrogen-bond acceptors (Lipinski definition) is 5. The first-order valence-electron chi connectivity index (χ1n) is 9.37. The van der Waals surface area contributed by atoms with Gasteiger partial charge in [0.15, 0.2) is 0 Å². The minimum atomic E-state index is -0.776. The first kappa shape index (κ1) is 20.1. The Hall–Kier alpha value is -3.67. The summed E-state index contributed by atoms with van der Waals surface area (Å²) in [5, 5.41) is 14.4. The van der Waals surface area contributed by atoms with Crippen LogP contribution in [0.3, 0.4) is 0 Å². The lowest BCUT2D eigenvalue weighted by atomic mass is 10.1. The highest BCUT2D eigenvalue weighted by Gasteiger charge is 2.23. The van der Waals surface area contributed by atoms with Crippen LogP contribution in [0.5, 0.6) is 0 Å². The Morgan fingerprint density at radius 1 is 1.21 bits per heavy atom. The van der Waals surface area contributed by atoms with Crippen molar-refractivity contribution in [3.05, 3.63) is 61.9 Å². The van der Waals surface area contributed by atoms with Gasteiger partial charge in [-0.2, -0.15) is 5.26 Å². The number of para-hydroxylation sites is 1. The largest absolute Gasteiger partial charge is 0.345 e. The highest BCUT2D eigenvalue weighted by molar-refractivity contribution is 5.95. The zero-order chi connectivity index (χ0) is 21.0. The summed E-state index contributed by atoms with van der Waals surface area (Å²) in [5.74, 6) is -1.08. The van der Waals surface area contributed by atoms with E-state index in [0.717, 1.165) is 16.6 Å². The Balaban J connectivity index is 1.68. The van der Waals surface area contributed by atoms with Crippen LogP contribution < -0.4 is 21.9 Å². The number of aryl methyl sites for hydroxylation is 1. The number of nitrogens with one attached hydrogen (secondary N) is 2. The van der Waals surface area contributed by atoms with Crippen molar-refractivity contribution in [3.63, 3.8) is 0 Å². The Labute approximate surface area is 166 Å². The molecule has 0 bridgehead atoms. The lowest BCUT2D eigenvalue weighted by Crippen LogP contribution is -2.46. The molecule has 2 N–H and O–H groups in total. The number of carbonyl (C=O) groups excluding carboxylic acids is 2. The summed E-state index contributed by atoms with van der Waals surface area (Å²) >= 11 is 0. The molecule has 3 rings (SSSR count). The van der Waals surface area contributed by atoms with Gasteiger partial charge in [-0.05, 0) is 30.9 Å². The van der Waals surface area contributed by atoms with Gasteiger partial charge in [-0.25, -0.2) is 9.36 Å². The van der Waals surface area contributed by atoms with Crippen molar-refractivity contribution in [2.24, 2.45) is 0 Å². The van der Waals surface area contributed by atoms with Crippen LogP contribution in [0.1, 0.15) is 30.2 Å². The van der Waals surface area contributed by atoms with E-state index in [4.69, 9.17) is 0 Å². The number of hydrogen-bond donors (Lipinski definition) is 2. The maximum Gasteiger partial charge on any atom is 0.331 e. The van der Waals surface area contributed by atoms with Crippen molar-refractivity contribution in [3.8, 4) is 6.07 Å². The molecule has 0 unspecified atom stereocenters. The number of nitrogens with zero attached hydrogens (tertiary/aromatic N) is 3. The molecule has 0 spiro atoms. The lowest BCUT2D eigenvalue weighted by molar-refractivity contribution is -0.124. The van der Waals surface area contributed by atoms with E-state index < -0.39 is 29.6 Å². The third kappa shape index (κ3) is 4.11. The van der Waals surface area contributed by atoms with E-state index in [9.17, 15) is 24.4 Å². The molecule has 1 aliphatic rings. The molecule has 1 aliphatic heterocycles. The van der Waals surface area contributed by atoms with Crippen LogP contribution in [-0.4, -0.2) is 27.5 Å². The van der Waals surface area contributed by atoms with Crippen LogP contribution in [0.4, 0.5) is 5.69 Å². The number of rotatable bonds is 6. The van der Waals surface area contributed by atoms with E-state index >= 15 is 0 Å². The molecular formula is C20H21N5O4. The molecule has 9 heteroatoms. The number of nitriles is 1. The highest BCUT2D eigenvalue weighted by atomic mass is 16.2. The molecule has 29 heavy (non-hydrogen) atoms. The first-order valence-corrected chi connectivity index (χ1v) is 9.37. The molecule has 2 amide bonds. The fraction of sp³-hybridized carbons (Fsp3) is 0.350. The molecule has 2 aromatic rings. The SMILES string of the molecule is CCc1ccccc1NC(=O)CNC(=O)Cn1c(=O)c(C#N)c2n(c1=O)CCC2. The second-order valence-electron chi connectivity index (χ2n) is 6.70. The standard InChI is InChI=1S/C20H21N5O4/c1-2-13-6-3-4-7-15(13)23-17(26)11-22-18(27)12-25-19(28)14(10-21)16-8-5-9-24(16)20(25)29/h3-4,6-7H,2,5,8-9,11-12H2,1H3,(H,22,27)(H,23,26). The monoisotopic (exact) mass is 395 g/mol. The van der Waals surface area contributed by atoms with Gasteiger partial charge in [-0.1, -0.05) is 25.1 Å². The van der Waals surface area contributed by atoms with Gasteiger partial charge in [-0.3, -0.25) is 19.0 Å². The molecule has 1 aromatic heterocycles. The highest BCUT2D eigenvalue weighted by Crippen LogP contribution is 2.15. The van der Waals surface area contributed by atoms with E-state index in [0.29, 0.717) is 30.8 Å². The second kappa shape index (κ2) is 8.56. The van der Waals surface area contributed by atoms with E-state index in [1.165, 1.54) is 4.57 Å². The Kier molecular flexibility index (Phi) is 5.93. The predicted molar refractivity (Wildman–Crippen MR) is 105 cm³/mol. The summed E-state index contributed by atoms with van der Waals surface area (Å²) in [7, 11) is 0. The number of anilines is 1. The topological polar surface area (TPSA) is 126 Å². The molecule has 0 saturated carbocycles. The number of carbonyl (C=O) groups is 2. The fourth-order valence-corrected chi connectivity index (χ4v) is 3.41. The number of benzene rings is 1. The van der Waals surface area contributed by atoms with Crippen molar-refractivity contribution in [2.45, 2.75) is 39.3 Å². The van der Waals surface area contributed by atoms with Crippen LogP contribution in [0.2, 0.25) is 0 Å². The first-order chi connectivity index (χ1) is 14.0. The summed E-state index contributed by atoms with van der Waals surface area (Å²) in [4.78, 5) is 49.3.